The summed E-state index contributed by atoms with van der Waals surface area (Å²) >= 11 is 15.2. The molecule has 0 aliphatic rings. The van der Waals surface area contributed by atoms with E-state index in [1.807, 2.05) is 0 Å². The third kappa shape index (κ3) is 2.17. The van der Waals surface area contributed by atoms with Crippen molar-refractivity contribution in [3.8, 4) is 5.69 Å². The van der Waals surface area contributed by atoms with Crippen molar-refractivity contribution in [2.75, 3.05) is 0 Å². The molecule has 82 valence electrons. The predicted octanol–water partition coefficient (Wildman–Crippen LogP) is 3.91. The summed E-state index contributed by atoms with van der Waals surface area (Å²) in [6, 6.07) is 8.40. The summed E-state index contributed by atoms with van der Waals surface area (Å²) in [5.74, 6) is 0. The van der Waals surface area contributed by atoms with Gasteiger partial charge in [0.25, 0.3) is 5.56 Å². The Morgan fingerprint density at radius 2 is 1.94 bits per heavy atom. The van der Waals surface area contributed by atoms with E-state index in [2.05, 4.69) is 15.9 Å². The third-order valence-electron chi connectivity index (χ3n) is 2.07. The summed E-state index contributed by atoms with van der Waals surface area (Å²) in [6.07, 6.45) is 1.64. The second kappa shape index (κ2) is 4.62. The van der Waals surface area contributed by atoms with Crippen LogP contribution in [0.25, 0.3) is 5.69 Å². The molecule has 0 spiro atoms. The van der Waals surface area contributed by atoms with Gasteiger partial charge in [-0.2, -0.15) is 0 Å². The molecule has 2 nitrogen and oxygen atoms in total. The number of aromatic nitrogens is 1. The average molecular weight is 319 g/mol. The van der Waals surface area contributed by atoms with E-state index in [9.17, 15) is 4.79 Å². The van der Waals surface area contributed by atoms with E-state index in [0.717, 1.165) is 4.47 Å². The van der Waals surface area contributed by atoms with Gasteiger partial charge in [-0.15, -0.1) is 0 Å². The third-order valence-corrected chi connectivity index (χ3v) is 3.37. The van der Waals surface area contributed by atoms with Crippen LogP contribution in [0.2, 0.25) is 10.0 Å². The minimum absolute atomic E-state index is 0.168. The number of pyridine rings is 1. The Labute approximate surface area is 111 Å². The van der Waals surface area contributed by atoms with Crippen molar-refractivity contribution in [3.05, 3.63) is 61.4 Å². The topological polar surface area (TPSA) is 22.0 Å². The van der Waals surface area contributed by atoms with Crippen LogP contribution in [0.3, 0.4) is 0 Å². The average Bonchev–Trinajstić information content (AvgIpc) is 2.23. The van der Waals surface area contributed by atoms with Crippen LogP contribution in [-0.4, -0.2) is 4.57 Å². The molecule has 0 bridgehead atoms. The zero-order valence-electron chi connectivity index (χ0n) is 7.95. The van der Waals surface area contributed by atoms with Gasteiger partial charge < -0.3 is 0 Å². The first-order chi connectivity index (χ1) is 7.59. The fourth-order valence-electron chi connectivity index (χ4n) is 1.33. The van der Waals surface area contributed by atoms with Gasteiger partial charge >= 0.3 is 0 Å². The van der Waals surface area contributed by atoms with Gasteiger partial charge in [0.05, 0.1) is 15.7 Å². The quantitative estimate of drug-likeness (QED) is 0.781. The van der Waals surface area contributed by atoms with Gasteiger partial charge in [0.1, 0.15) is 0 Å². The maximum Gasteiger partial charge on any atom is 0.256 e. The maximum absolute atomic E-state index is 11.7. The Hall–Kier alpha value is -0.770. The molecule has 0 saturated heterocycles. The number of hydrogen-bond donors (Lipinski definition) is 0. The smallest absolute Gasteiger partial charge is 0.256 e. The fourth-order valence-corrected chi connectivity index (χ4v) is 2.03. The van der Waals surface area contributed by atoms with Gasteiger partial charge in [-0.1, -0.05) is 45.2 Å². The van der Waals surface area contributed by atoms with Gasteiger partial charge in [0.15, 0.2) is 0 Å². The number of benzene rings is 1. The van der Waals surface area contributed by atoms with Crippen molar-refractivity contribution in [1.82, 2.24) is 4.57 Å². The Morgan fingerprint density at radius 1 is 1.19 bits per heavy atom. The molecule has 1 aromatic carbocycles. The monoisotopic (exact) mass is 317 g/mol. The van der Waals surface area contributed by atoms with Gasteiger partial charge in [0, 0.05) is 16.7 Å². The Bertz CT molecular complexity index is 595. The molecule has 5 heteroatoms. The highest BCUT2D eigenvalue weighted by Gasteiger charge is 2.07. The van der Waals surface area contributed by atoms with Crippen LogP contribution in [0.15, 0.2) is 45.8 Å². The summed E-state index contributed by atoms with van der Waals surface area (Å²) < 4.78 is 2.17. The van der Waals surface area contributed by atoms with Gasteiger partial charge in [-0.05, 0) is 18.2 Å². The molecule has 0 aliphatic heterocycles. The Kier molecular flexibility index (Phi) is 3.38. The summed E-state index contributed by atoms with van der Waals surface area (Å²) in [5.41, 5.74) is 0.408. The van der Waals surface area contributed by atoms with Crippen molar-refractivity contribution >= 4 is 39.1 Å². The Morgan fingerprint density at radius 3 is 2.62 bits per heavy atom. The van der Waals surface area contributed by atoms with Gasteiger partial charge in [-0.25, -0.2) is 0 Å². The van der Waals surface area contributed by atoms with E-state index in [-0.39, 0.29) is 5.56 Å². The lowest BCUT2D eigenvalue weighted by Gasteiger charge is -2.08. The minimum atomic E-state index is -0.168. The largest absolute Gasteiger partial charge is 0.283 e. The van der Waals surface area contributed by atoms with Crippen LogP contribution in [0.4, 0.5) is 0 Å². The van der Waals surface area contributed by atoms with E-state index < -0.39 is 0 Å². The fraction of sp³-hybridized carbons (Fsp3) is 0. The zero-order chi connectivity index (χ0) is 11.7. The summed E-state index contributed by atoms with van der Waals surface area (Å²) in [6.45, 7) is 0. The van der Waals surface area contributed by atoms with E-state index in [1.165, 1.54) is 10.6 Å². The normalized spacial score (nSPS) is 10.4. The van der Waals surface area contributed by atoms with E-state index in [0.29, 0.717) is 15.7 Å². The molecule has 0 N–H and O–H groups in total. The van der Waals surface area contributed by atoms with Crippen molar-refractivity contribution in [3.63, 3.8) is 0 Å². The predicted molar refractivity (Wildman–Crippen MR) is 69.8 cm³/mol. The summed E-state index contributed by atoms with van der Waals surface area (Å²) in [4.78, 5) is 11.7. The molecule has 0 aliphatic carbocycles. The molecule has 0 amide bonds. The van der Waals surface area contributed by atoms with Gasteiger partial charge in [-0.3, -0.25) is 9.36 Å². The van der Waals surface area contributed by atoms with Crippen molar-refractivity contribution in [2.45, 2.75) is 0 Å². The summed E-state index contributed by atoms with van der Waals surface area (Å²) in [5, 5.41) is 0.794. The lowest BCUT2D eigenvalue weighted by molar-refractivity contribution is 0.987. The lowest BCUT2D eigenvalue weighted by Crippen LogP contribution is -2.16. The molecule has 0 atom stereocenters. The second-order valence-electron chi connectivity index (χ2n) is 3.13. The molecule has 2 rings (SSSR count). The van der Waals surface area contributed by atoms with Gasteiger partial charge in [0.2, 0.25) is 0 Å². The molecule has 0 unspecified atom stereocenters. The number of hydrogen-bond acceptors (Lipinski definition) is 1. The molecule has 0 radical (unpaired) electrons. The molecule has 2 aromatic rings. The number of rotatable bonds is 1. The minimum Gasteiger partial charge on any atom is -0.283 e. The molecular formula is C11H6BrCl2NO. The number of nitrogens with zero attached hydrogens (tertiary/aromatic N) is 1. The van der Waals surface area contributed by atoms with E-state index >= 15 is 0 Å². The zero-order valence-corrected chi connectivity index (χ0v) is 11.1. The SMILES string of the molecule is O=c1cc(Br)ccn1-c1cccc(Cl)c1Cl. The van der Waals surface area contributed by atoms with Crippen LogP contribution in [0.1, 0.15) is 0 Å². The van der Waals surface area contributed by atoms with Crippen LogP contribution in [0.5, 0.6) is 0 Å². The molecular weight excluding hydrogens is 313 g/mol. The highest BCUT2D eigenvalue weighted by Crippen LogP contribution is 2.27. The molecule has 0 saturated carbocycles. The second-order valence-corrected chi connectivity index (χ2v) is 4.83. The highest BCUT2D eigenvalue weighted by atomic mass is 79.9. The summed E-state index contributed by atoms with van der Waals surface area (Å²) in [7, 11) is 0. The van der Waals surface area contributed by atoms with Crippen LogP contribution in [-0.2, 0) is 0 Å². The molecule has 16 heavy (non-hydrogen) atoms. The van der Waals surface area contributed by atoms with Crippen LogP contribution >= 0.6 is 39.1 Å². The van der Waals surface area contributed by atoms with E-state index in [4.69, 9.17) is 23.2 Å². The van der Waals surface area contributed by atoms with Crippen molar-refractivity contribution in [2.24, 2.45) is 0 Å². The van der Waals surface area contributed by atoms with E-state index in [1.54, 1.807) is 30.5 Å². The van der Waals surface area contributed by atoms with Crippen LogP contribution in [0, 0.1) is 0 Å². The van der Waals surface area contributed by atoms with Crippen molar-refractivity contribution < 1.29 is 0 Å². The van der Waals surface area contributed by atoms with Crippen molar-refractivity contribution in [1.29, 1.82) is 0 Å². The molecule has 1 aromatic heterocycles. The first kappa shape index (κ1) is 11.7. The Balaban J connectivity index is 2.68. The lowest BCUT2D eigenvalue weighted by atomic mass is 10.3. The standard InChI is InChI=1S/C11H6BrCl2NO/c12-7-4-5-15(10(16)6-7)9-3-1-2-8(13)11(9)14/h1-6H. The maximum atomic E-state index is 11.7. The molecule has 0 fully saturated rings. The highest BCUT2D eigenvalue weighted by molar-refractivity contribution is 9.10. The first-order valence-corrected chi connectivity index (χ1v) is 5.97. The first-order valence-electron chi connectivity index (χ1n) is 4.42. The van der Waals surface area contributed by atoms with Crippen LogP contribution < -0.4 is 5.56 Å². The molecule has 1 heterocycles. The number of halogens is 3.